The van der Waals surface area contributed by atoms with Crippen LogP contribution < -0.4 is 0 Å². The Labute approximate surface area is 192 Å². The molecule has 0 bridgehead atoms. The molecule has 1 aliphatic rings. The maximum atomic E-state index is 13.3. The summed E-state index contributed by atoms with van der Waals surface area (Å²) in [6.45, 7) is 8.32. The SMILES string of the molecule is CCCCC#C/C1=C(\CC)[C@@H](c2ccc([N+](=O)[O-])cc2)C(CC)C(=O)/C=C(/CCCC)O1. The Morgan fingerprint density at radius 2 is 1.75 bits per heavy atom. The van der Waals surface area contributed by atoms with E-state index in [1.54, 1.807) is 18.2 Å². The standard InChI is InChI=1S/C27H35NO4/c1-5-9-11-12-14-26-24(8-4)27(20-15-17-21(18-16-20)28(30)31)23(7-3)25(29)19-22(32-26)13-10-6-2/h15-19,23,27H,5-11,13H2,1-4H3/b22-19-,26-24-/t23?,27-/m0/s1. The van der Waals surface area contributed by atoms with Gasteiger partial charge in [-0.05, 0) is 42.7 Å². The second kappa shape index (κ2) is 12.9. The van der Waals surface area contributed by atoms with E-state index in [4.69, 9.17) is 4.74 Å². The number of nitrogens with zero attached hydrogens (tertiary/aromatic N) is 1. The Morgan fingerprint density at radius 1 is 1.06 bits per heavy atom. The number of unbranched alkanes of at least 4 members (excludes halogenated alkanes) is 3. The number of hydrogen-bond acceptors (Lipinski definition) is 4. The highest BCUT2D eigenvalue weighted by Crippen LogP contribution is 2.41. The lowest BCUT2D eigenvalue weighted by Gasteiger charge is -2.30. The van der Waals surface area contributed by atoms with Crippen LogP contribution >= 0.6 is 0 Å². The quantitative estimate of drug-likeness (QED) is 0.177. The molecule has 1 heterocycles. The third-order valence-electron chi connectivity index (χ3n) is 5.89. The van der Waals surface area contributed by atoms with Crippen molar-refractivity contribution in [2.75, 3.05) is 0 Å². The molecule has 0 amide bonds. The summed E-state index contributed by atoms with van der Waals surface area (Å²) in [5, 5.41) is 11.1. The van der Waals surface area contributed by atoms with Gasteiger partial charge < -0.3 is 4.74 Å². The molecular formula is C27H35NO4. The number of nitro benzene ring substituents is 1. The number of non-ortho nitro benzene ring substituents is 1. The molecule has 0 saturated carbocycles. The van der Waals surface area contributed by atoms with E-state index < -0.39 is 4.92 Å². The van der Waals surface area contributed by atoms with E-state index in [1.807, 2.05) is 6.92 Å². The molecule has 5 heteroatoms. The molecule has 0 fully saturated rings. The number of carbonyl (C=O) groups excluding carboxylic acids is 1. The summed E-state index contributed by atoms with van der Waals surface area (Å²) in [7, 11) is 0. The van der Waals surface area contributed by atoms with Gasteiger partial charge in [0.1, 0.15) is 5.76 Å². The number of hydrogen-bond donors (Lipinski definition) is 0. The van der Waals surface area contributed by atoms with Crippen molar-refractivity contribution in [1.82, 2.24) is 0 Å². The summed E-state index contributed by atoms with van der Waals surface area (Å²) in [5.74, 6) is 7.40. The Balaban J connectivity index is 2.63. The Kier molecular flexibility index (Phi) is 10.2. The molecule has 1 aliphatic heterocycles. The lowest BCUT2D eigenvalue weighted by molar-refractivity contribution is -0.384. The van der Waals surface area contributed by atoms with E-state index in [2.05, 4.69) is 32.6 Å². The first kappa shape index (κ1) is 25.4. The molecular weight excluding hydrogens is 402 g/mol. The van der Waals surface area contributed by atoms with Crippen molar-refractivity contribution in [2.24, 2.45) is 5.92 Å². The molecule has 0 saturated heterocycles. The maximum absolute atomic E-state index is 13.3. The van der Waals surface area contributed by atoms with E-state index in [0.717, 1.165) is 43.2 Å². The van der Waals surface area contributed by atoms with E-state index in [1.165, 1.54) is 12.1 Å². The number of ether oxygens (including phenoxy) is 1. The third kappa shape index (κ3) is 6.56. The monoisotopic (exact) mass is 437 g/mol. The van der Waals surface area contributed by atoms with Crippen LogP contribution in [0.15, 0.2) is 47.4 Å². The second-order valence-electron chi connectivity index (χ2n) is 8.17. The fraction of sp³-hybridized carbons (Fsp3) is 0.519. The maximum Gasteiger partial charge on any atom is 0.269 e. The van der Waals surface area contributed by atoms with Crippen LogP contribution in [0.1, 0.15) is 90.5 Å². The summed E-state index contributed by atoms with van der Waals surface area (Å²) < 4.78 is 6.29. The molecule has 172 valence electrons. The van der Waals surface area contributed by atoms with Crippen LogP contribution in [0.2, 0.25) is 0 Å². The van der Waals surface area contributed by atoms with Gasteiger partial charge in [-0.2, -0.15) is 0 Å². The molecule has 0 radical (unpaired) electrons. The summed E-state index contributed by atoms with van der Waals surface area (Å²) in [4.78, 5) is 24.0. The molecule has 1 aromatic rings. The topological polar surface area (TPSA) is 69.4 Å². The van der Waals surface area contributed by atoms with Gasteiger partial charge >= 0.3 is 0 Å². The first-order valence-corrected chi connectivity index (χ1v) is 11.8. The van der Waals surface area contributed by atoms with Gasteiger partial charge in [0, 0.05) is 42.9 Å². The van der Waals surface area contributed by atoms with Gasteiger partial charge in [0.15, 0.2) is 11.5 Å². The second-order valence-corrected chi connectivity index (χ2v) is 8.17. The van der Waals surface area contributed by atoms with Gasteiger partial charge in [-0.3, -0.25) is 14.9 Å². The van der Waals surface area contributed by atoms with Crippen LogP contribution in [-0.4, -0.2) is 10.7 Å². The van der Waals surface area contributed by atoms with E-state index in [-0.39, 0.29) is 23.3 Å². The molecule has 0 spiro atoms. The normalized spacial score (nSPS) is 22.6. The average molecular weight is 438 g/mol. The third-order valence-corrected chi connectivity index (χ3v) is 5.89. The Hall–Kier alpha value is -2.87. The van der Waals surface area contributed by atoms with Crippen LogP contribution in [0.3, 0.4) is 0 Å². The molecule has 2 rings (SSSR count). The van der Waals surface area contributed by atoms with Gasteiger partial charge in [-0.1, -0.05) is 58.6 Å². The summed E-state index contributed by atoms with van der Waals surface area (Å²) in [6.07, 6.45) is 8.57. The van der Waals surface area contributed by atoms with E-state index in [9.17, 15) is 14.9 Å². The van der Waals surface area contributed by atoms with Crippen LogP contribution in [0.25, 0.3) is 0 Å². The zero-order valence-electron chi connectivity index (χ0n) is 19.8. The van der Waals surface area contributed by atoms with Gasteiger partial charge in [0.2, 0.25) is 0 Å². The predicted molar refractivity (Wildman–Crippen MR) is 128 cm³/mol. The van der Waals surface area contributed by atoms with Gasteiger partial charge in [-0.25, -0.2) is 0 Å². The molecule has 0 aliphatic carbocycles. The smallest absolute Gasteiger partial charge is 0.269 e. The largest absolute Gasteiger partial charge is 0.453 e. The van der Waals surface area contributed by atoms with Crippen LogP contribution in [-0.2, 0) is 9.53 Å². The van der Waals surface area contributed by atoms with E-state index >= 15 is 0 Å². The highest BCUT2D eigenvalue weighted by molar-refractivity contribution is 5.93. The molecule has 0 aromatic heterocycles. The number of carbonyl (C=O) groups is 1. The highest BCUT2D eigenvalue weighted by Gasteiger charge is 2.34. The molecule has 0 N–H and O–H groups in total. The van der Waals surface area contributed by atoms with Gasteiger partial charge in [0.05, 0.1) is 4.92 Å². The van der Waals surface area contributed by atoms with Crippen molar-refractivity contribution in [3.63, 3.8) is 0 Å². The summed E-state index contributed by atoms with van der Waals surface area (Å²) in [6, 6.07) is 6.54. The molecule has 5 nitrogen and oxygen atoms in total. The fourth-order valence-electron chi connectivity index (χ4n) is 4.08. The first-order valence-electron chi connectivity index (χ1n) is 11.8. The summed E-state index contributed by atoms with van der Waals surface area (Å²) >= 11 is 0. The number of ketones is 1. The zero-order valence-corrected chi connectivity index (χ0v) is 19.8. The number of nitro groups is 1. The Bertz CT molecular complexity index is 915. The van der Waals surface area contributed by atoms with Crippen molar-refractivity contribution in [3.05, 3.63) is 63.1 Å². The first-order chi connectivity index (χ1) is 15.5. The van der Waals surface area contributed by atoms with Crippen LogP contribution in [0.4, 0.5) is 5.69 Å². The molecule has 1 aromatic carbocycles. The fourth-order valence-corrected chi connectivity index (χ4v) is 4.08. The minimum atomic E-state index is -0.405. The number of benzene rings is 1. The van der Waals surface area contributed by atoms with E-state index in [0.29, 0.717) is 30.8 Å². The minimum Gasteiger partial charge on any atom is -0.453 e. The molecule has 32 heavy (non-hydrogen) atoms. The minimum absolute atomic E-state index is 0.0403. The van der Waals surface area contributed by atoms with Crippen molar-refractivity contribution in [2.45, 2.75) is 85.0 Å². The highest BCUT2D eigenvalue weighted by atomic mass is 16.6. The molecule has 1 unspecified atom stereocenters. The van der Waals surface area contributed by atoms with Crippen LogP contribution in [0, 0.1) is 27.9 Å². The van der Waals surface area contributed by atoms with Crippen molar-refractivity contribution in [1.29, 1.82) is 0 Å². The van der Waals surface area contributed by atoms with Gasteiger partial charge in [0.25, 0.3) is 5.69 Å². The summed E-state index contributed by atoms with van der Waals surface area (Å²) in [5.41, 5.74) is 1.92. The van der Waals surface area contributed by atoms with Crippen molar-refractivity contribution >= 4 is 11.5 Å². The van der Waals surface area contributed by atoms with Crippen LogP contribution in [0.5, 0.6) is 0 Å². The lowest BCUT2D eigenvalue weighted by Crippen LogP contribution is -2.25. The van der Waals surface area contributed by atoms with Crippen molar-refractivity contribution < 1.29 is 14.5 Å². The average Bonchev–Trinajstić information content (AvgIpc) is 2.78. The van der Waals surface area contributed by atoms with Gasteiger partial charge in [-0.15, -0.1) is 0 Å². The number of allylic oxidation sites excluding steroid dienone is 4. The number of rotatable bonds is 9. The molecule has 2 atom stereocenters. The predicted octanol–water partition coefficient (Wildman–Crippen LogP) is 7.24. The zero-order chi connectivity index (χ0) is 23.5. The lowest BCUT2D eigenvalue weighted by atomic mass is 9.75. The van der Waals surface area contributed by atoms with Crippen molar-refractivity contribution in [3.8, 4) is 11.8 Å². The Morgan fingerprint density at radius 3 is 2.31 bits per heavy atom.